The van der Waals surface area contributed by atoms with Crippen LogP contribution in [-0.2, 0) is 0 Å². The van der Waals surface area contributed by atoms with Gasteiger partial charge in [0.05, 0.1) is 0 Å². The summed E-state index contributed by atoms with van der Waals surface area (Å²) in [6.45, 7) is 1.94. The Morgan fingerprint density at radius 1 is 1.25 bits per heavy atom. The van der Waals surface area contributed by atoms with Gasteiger partial charge in [-0.05, 0) is 61.8 Å². The van der Waals surface area contributed by atoms with Crippen molar-refractivity contribution < 1.29 is 9.63 Å². The number of rotatable bonds is 2. The molecule has 2 saturated carbocycles. The number of nitrogens with zero attached hydrogens (tertiary/aromatic N) is 2. The lowest BCUT2D eigenvalue weighted by atomic mass is 9.88. The molecular formula is C16H18N2O2. The van der Waals surface area contributed by atoms with E-state index in [-0.39, 0.29) is 5.75 Å². The van der Waals surface area contributed by atoms with Crippen LogP contribution in [0, 0.1) is 18.8 Å². The van der Waals surface area contributed by atoms with Crippen LogP contribution in [0.1, 0.15) is 43.0 Å². The molecule has 1 N–H and O–H groups in total. The molecular weight excluding hydrogens is 252 g/mol. The Hall–Kier alpha value is -1.84. The van der Waals surface area contributed by atoms with Gasteiger partial charge in [0, 0.05) is 11.5 Å². The predicted molar refractivity (Wildman–Crippen MR) is 74.3 cm³/mol. The maximum atomic E-state index is 9.47. The van der Waals surface area contributed by atoms with Gasteiger partial charge in [0.2, 0.25) is 0 Å². The molecule has 104 valence electrons. The second-order valence-corrected chi connectivity index (χ2v) is 6.24. The van der Waals surface area contributed by atoms with Gasteiger partial charge in [-0.3, -0.25) is 0 Å². The highest BCUT2D eigenvalue weighted by molar-refractivity contribution is 5.59. The summed E-state index contributed by atoms with van der Waals surface area (Å²) in [6, 6.07) is 5.21. The highest BCUT2D eigenvalue weighted by atomic mass is 16.5. The molecule has 0 amide bonds. The molecule has 2 aliphatic rings. The minimum Gasteiger partial charge on any atom is -0.508 e. The Labute approximate surface area is 117 Å². The number of aryl methyl sites for hydroxylation is 1. The third-order valence-electron chi connectivity index (χ3n) is 4.95. The summed E-state index contributed by atoms with van der Waals surface area (Å²) in [5.41, 5.74) is 1.86. The maximum absolute atomic E-state index is 9.47. The van der Waals surface area contributed by atoms with Gasteiger partial charge in [0.1, 0.15) is 5.75 Å². The first-order valence-corrected chi connectivity index (χ1v) is 7.34. The monoisotopic (exact) mass is 270 g/mol. The van der Waals surface area contributed by atoms with E-state index in [0.717, 1.165) is 28.8 Å². The molecule has 2 aliphatic carbocycles. The van der Waals surface area contributed by atoms with Gasteiger partial charge in [-0.1, -0.05) is 11.6 Å². The number of benzene rings is 1. The molecule has 0 aliphatic heterocycles. The highest BCUT2D eigenvalue weighted by Crippen LogP contribution is 2.52. The van der Waals surface area contributed by atoms with E-state index in [1.165, 1.54) is 25.7 Å². The topological polar surface area (TPSA) is 59.2 Å². The number of fused-ring (bicyclic) bond motifs is 2. The van der Waals surface area contributed by atoms with Crippen molar-refractivity contribution in [1.82, 2.24) is 10.1 Å². The zero-order valence-electron chi connectivity index (χ0n) is 11.5. The Morgan fingerprint density at radius 2 is 2.15 bits per heavy atom. The zero-order chi connectivity index (χ0) is 13.7. The predicted octanol–water partition coefficient (Wildman–Crippen LogP) is 3.65. The Morgan fingerprint density at radius 3 is 2.85 bits per heavy atom. The molecule has 4 heteroatoms. The van der Waals surface area contributed by atoms with E-state index in [1.807, 2.05) is 13.0 Å². The summed E-state index contributed by atoms with van der Waals surface area (Å²) in [4.78, 5) is 4.61. The lowest BCUT2D eigenvalue weighted by Gasteiger charge is -2.17. The van der Waals surface area contributed by atoms with Gasteiger partial charge in [-0.25, -0.2) is 0 Å². The van der Waals surface area contributed by atoms with Crippen molar-refractivity contribution >= 4 is 0 Å². The first kappa shape index (κ1) is 11.9. The molecule has 20 heavy (non-hydrogen) atoms. The molecule has 1 heterocycles. The first-order valence-electron chi connectivity index (χ1n) is 7.34. The van der Waals surface area contributed by atoms with Crippen LogP contribution in [0.3, 0.4) is 0 Å². The van der Waals surface area contributed by atoms with Crippen LogP contribution in [-0.4, -0.2) is 15.2 Å². The van der Waals surface area contributed by atoms with Gasteiger partial charge in [0.25, 0.3) is 5.89 Å². The Bertz CT molecular complexity index is 650. The molecule has 3 unspecified atom stereocenters. The first-order chi connectivity index (χ1) is 9.70. The molecule has 4 rings (SSSR count). The maximum Gasteiger partial charge on any atom is 0.258 e. The fraction of sp³-hybridized carbons (Fsp3) is 0.500. The molecule has 2 bridgehead atoms. The van der Waals surface area contributed by atoms with Gasteiger partial charge in [-0.2, -0.15) is 4.98 Å². The minimum atomic E-state index is 0.263. The Balaban J connectivity index is 1.65. The number of hydrogen-bond acceptors (Lipinski definition) is 4. The molecule has 0 spiro atoms. The normalized spacial score (nSPS) is 28.1. The van der Waals surface area contributed by atoms with E-state index in [4.69, 9.17) is 4.52 Å². The summed E-state index contributed by atoms with van der Waals surface area (Å²) in [5, 5.41) is 13.7. The van der Waals surface area contributed by atoms with E-state index in [9.17, 15) is 5.11 Å². The van der Waals surface area contributed by atoms with Crippen LogP contribution in [0.15, 0.2) is 22.7 Å². The Kier molecular flexibility index (Phi) is 2.59. The second-order valence-electron chi connectivity index (χ2n) is 6.24. The number of phenols is 1. The van der Waals surface area contributed by atoms with Crippen molar-refractivity contribution in [3.63, 3.8) is 0 Å². The zero-order valence-corrected chi connectivity index (χ0v) is 11.5. The van der Waals surface area contributed by atoms with Gasteiger partial charge in [0.15, 0.2) is 5.82 Å². The fourth-order valence-electron chi connectivity index (χ4n) is 3.94. The van der Waals surface area contributed by atoms with E-state index in [0.29, 0.717) is 11.8 Å². The summed E-state index contributed by atoms with van der Waals surface area (Å²) in [5.74, 6) is 3.83. The van der Waals surface area contributed by atoms with Crippen LogP contribution in [0.25, 0.3) is 11.5 Å². The van der Waals surface area contributed by atoms with Crippen LogP contribution in [0.2, 0.25) is 0 Å². The molecule has 1 aromatic carbocycles. The largest absolute Gasteiger partial charge is 0.508 e. The third kappa shape index (κ3) is 1.82. The fourth-order valence-corrected chi connectivity index (χ4v) is 3.94. The number of hydrogen-bond donors (Lipinski definition) is 1. The summed E-state index contributed by atoms with van der Waals surface area (Å²) in [7, 11) is 0. The summed E-state index contributed by atoms with van der Waals surface area (Å²) < 4.78 is 5.45. The number of aromatic hydroxyl groups is 1. The molecule has 2 aromatic rings. The van der Waals surface area contributed by atoms with E-state index in [2.05, 4.69) is 10.1 Å². The molecule has 0 radical (unpaired) electrons. The molecule has 2 fully saturated rings. The van der Waals surface area contributed by atoms with Crippen LogP contribution in [0.4, 0.5) is 0 Å². The van der Waals surface area contributed by atoms with Crippen molar-refractivity contribution in [2.24, 2.45) is 11.8 Å². The lowest BCUT2D eigenvalue weighted by Crippen LogP contribution is -2.09. The van der Waals surface area contributed by atoms with Crippen molar-refractivity contribution in [3.8, 4) is 17.2 Å². The summed E-state index contributed by atoms with van der Waals surface area (Å²) in [6.07, 6.45) is 5.26. The van der Waals surface area contributed by atoms with E-state index in [1.54, 1.807) is 12.1 Å². The summed E-state index contributed by atoms with van der Waals surface area (Å²) >= 11 is 0. The second kappa shape index (κ2) is 4.33. The molecule has 4 nitrogen and oxygen atoms in total. The average Bonchev–Trinajstić information content (AvgIpc) is 3.14. The average molecular weight is 270 g/mol. The van der Waals surface area contributed by atoms with Gasteiger partial charge in [-0.15, -0.1) is 0 Å². The van der Waals surface area contributed by atoms with E-state index >= 15 is 0 Å². The van der Waals surface area contributed by atoms with Crippen LogP contribution >= 0.6 is 0 Å². The van der Waals surface area contributed by atoms with Gasteiger partial charge >= 0.3 is 0 Å². The minimum absolute atomic E-state index is 0.263. The van der Waals surface area contributed by atoms with Crippen molar-refractivity contribution in [2.75, 3.05) is 0 Å². The van der Waals surface area contributed by atoms with Crippen LogP contribution in [0.5, 0.6) is 5.75 Å². The SMILES string of the molecule is Cc1cc(O)ccc1-c1nc(C2CC3CCC2C3)no1. The molecule has 3 atom stereocenters. The lowest BCUT2D eigenvalue weighted by molar-refractivity contribution is 0.372. The van der Waals surface area contributed by atoms with Crippen molar-refractivity contribution in [1.29, 1.82) is 0 Å². The van der Waals surface area contributed by atoms with Crippen molar-refractivity contribution in [3.05, 3.63) is 29.6 Å². The number of phenolic OH excluding ortho intramolecular Hbond substituents is 1. The van der Waals surface area contributed by atoms with E-state index < -0.39 is 0 Å². The van der Waals surface area contributed by atoms with Crippen LogP contribution < -0.4 is 0 Å². The molecule has 1 aromatic heterocycles. The third-order valence-corrected chi connectivity index (χ3v) is 4.95. The highest BCUT2D eigenvalue weighted by Gasteiger charge is 2.42. The quantitative estimate of drug-likeness (QED) is 0.904. The van der Waals surface area contributed by atoms with Crippen molar-refractivity contribution in [2.45, 2.75) is 38.5 Å². The standard InChI is InChI=1S/C16H18N2O2/c1-9-6-12(19)4-5-13(9)16-17-15(18-20-16)14-8-10-2-3-11(14)7-10/h4-6,10-11,14,19H,2-3,7-8H2,1H3. The molecule has 0 saturated heterocycles. The van der Waals surface area contributed by atoms with Gasteiger partial charge < -0.3 is 9.63 Å². The number of aromatic nitrogens is 2. The smallest absolute Gasteiger partial charge is 0.258 e.